The van der Waals surface area contributed by atoms with Crippen LogP contribution >= 0.6 is 0 Å². The number of likely N-dealkylation sites (tertiary alicyclic amines) is 2. The van der Waals surface area contributed by atoms with Crippen LogP contribution in [-0.2, 0) is 11.3 Å². The Labute approximate surface area is 171 Å². The molecule has 0 atom stereocenters. The van der Waals surface area contributed by atoms with E-state index in [2.05, 4.69) is 6.07 Å². The number of piperidine rings is 1. The first-order valence-corrected chi connectivity index (χ1v) is 10.2. The maximum Gasteiger partial charge on any atom is 0.253 e. The zero-order valence-electron chi connectivity index (χ0n) is 17.1. The molecule has 2 aromatic rings. The Bertz CT molecular complexity index is 927. The standard InChI is InChI=1S/C24H27FN2O2/c1-17-10-18(2)12-20(11-17)23(29)26-8-6-24(7-9-26)14-22(28)27(16-24)15-19-4-3-5-21(25)13-19/h3-5,10-13H,6-9,14-16H2,1-2H3. The molecule has 2 aliphatic rings. The zero-order valence-corrected chi connectivity index (χ0v) is 17.1. The van der Waals surface area contributed by atoms with Crippen LogP contribution in [0.4, 0.5) is 4.39 Å². The molecule has 0 radical (unpaired) electrons. The SMILES string of the molecule is Cc1cc(C)cc(C(=O)N2CCC3(CC2)CC(=O)N(Cc2cccc(F)c2)C3)c1. The van der Waals surface area contributed by atoms with Crippen molar-refractivity contribution < 1.29 is 14.0 Å². The molecule has 4 rings (SSSR count). The summed E-state index contributed by atoms with van der Waals surface area (Å²) < 4.78 is 13.5. The van der Waals surface area contributed by atoms with E-state index in [9.17, 15) is 14.0 Å². The number of hydrogen-bond acceptors (Lipinski definition) is 2. The van der Waals surface area contributed by atoms with Crippen molar-refractivity contribution in [2.75, 3.05) is 19.6 Å². The van der Waals surface area contributed by atoms with Crippen molar-refractivity contribution in [3.63, 3.8) is 0 Å². The third kappa shape index (κ3) is 4.19. The molecule has 29 heavy (non-hydrogen) atoms. The lowest BCUT2D eigenvalue weighted by molar-refractivity contribution is -0.128. The molecule has 0 saturated carbocycles. The molecule has 0 unspecified atom stereocenters. The number of amides is 2. The van der Waals surface area contributed by atoms with Gasteiger partial charge in [-0.05, 0) is 56.5 Å². The maximum absolute atomic E-state index is 13.5. The molecule has 2 amide bonds. The van der Waals surface area contributed by atoms with Gasteiger partial charge in [0, 0.05) is 43.6 Å². The van der Waals surface area contributed by atoms with Gasteiger partial charge in [0.1, 0.15) is 5.82 Å². The quantitative estimate of drug-likeness (QED) is 0.787. The van der Waals surface area contributed by atoms with Gasteiger partial charge in [0.25, 0.3) is 5.91 Å². The molecular weight excluding hydrogens is 367 g/mol. The number of benzene rings is 2. The highest BCUT2D eigenvalue weighted by Crippen LogP contribution is 2.41. The normalized spacial score (nSPS) is 18.5. The fraction of sp³-hybridized carbons (Fsp3) is 0.417. The summed E-state index contributed by atoms with van der Waals surface area (Å²) in [5.41, 5.74) is 3.68. The van der Waals surface area contributed by atoms with Crippen molar-refractivity contribution in [1.29, 1.82) is 0 Å². The van der Waals surface area contributed by atoms with Crippen LogP contribution in [-0.4, -0.2) is 41.2 Å². The second-order valence-electron chi connectivity index (χ2n) is 8.73. The number of carbonyl (C=O) groups excluding carboxylic acids is 2. The van der Waals surface area contributed by atoms with E-state index in [1.165, 1.54) is 12.1 Å². The van der Waals surface area contributed by atoms with Crippen LogP contribution in [0.3, 0.4) is 0 Å². The Balaban J connectivity index is 1.39. The number of rotatable bonds is 3. The van der Waals surface area contributed by atoms with Crippen LogP contribution in [0.1, 0.15) is 46.3 Å². The first-order chi connectivity index (χ1) is 13.8. The lowest BCUT2D eigenvalue weighted by atomic mass is 9.77. The molecule has 0 N–H and O–H groups in total. The summed E-state index contributed by atoms with van der Waals surface area (Å²) in [6.07, 6.45) is 2.18. The lowest BCUT2D eigenvalue weighted by Crippen LogP contribution is -2.44. The number of carbonyl (C=O) groups is 2. The van der Waals surface area contributed by atoms with Crippen molar-refractivity contribution in [2.45, 2.75) is 39.7 Å². The Morgan fingerprint density at radius 1 is 1.07 bits per heavy atom. The summed E-state index contributed by atoms with van der Waals surface area (Å²) in [5, 5.41) is 0. The maximum atomic E-state index is 13.5. The highest BCUT2D eigenvalue weighted by molar-refractivity contribution is 5.94. The van der Waals surface area contributed by atoms with Crippen molar-refractivity contribution in [3.05, 3.63) is 70.5 Å². The van der Waals surface area contributed by atoms with Gasteiger partial charge in [-0.25, -0.2) is 4.39 Å². The summed E-state index contributed by atoms with van der Waals surface area (Å²) in [6, 6.07) is 12.4. The molecular formula is C24H27FN2O2. The fourth-order valence-electron chi connectivity index (χ4n) is 4.78. The first kappa shape index (κ1) is 19.6. The summed E-state index contributed by atoms with van der Waals surface area (Å²) in [4.78, 5) is 29.3. The number of halogens is 1. The first-order valence-electron chi connectivity index (χ1n) is 10.2. The van der Waals surface area contributed by atoms with Crippen LogP contribution in [0.5, 0.6) is 0 Å². The molecule has 2 heterocycles. The van der Waals surface area contributed by atoms with Crippen LogP contribution < -0.4 is 0 Å². The second kappa shape index (κ2) is 7.62. The second-order valence-corrected chi connectivity index (χ2v) is 8.73. The van der Waals surface area contributed by atoms with E-state index in [4.69, 9.17) is 0 Å². The summed E-state index contributed by atoms with van der Waals surface area (Å²) >= 11 is 0. The molecule has 0 aliphatic carbocycles. The van der Waals surface area contributed by atoms with Gasteiger partial charge in [-0.15, -0.1) is 0 Å². The van der Waals surface area contributed by atoms with Crippen molar-refractivity contribution in [3.8, 4) is 0 Å². The Hall–Kier alpha value is -2.69. The third-order valence-corrected chi connectivity index (χ3v) is 6.25. The predicted octanol–water partition coefficient (Wildman–Crippen LogP) is 4.10. The van der Waals surface area contributed by atoms with Gasteiger partial charge >= 0.3 is 0 Å². The molecule has 2 saturated heterocycles. The highest BCUT2D eigenvalue weighted by Gasteiger charge is 2.45. The van der Waals surface area contributed by atoms with E-state index in [1.807, 2.05) is 41.8 Å². The van der Waals surface area contributed by atoms with Gasteiger partial charge < -0.3 is 9.80 Å². The van der Waals surface area contributed by atoms with Gasteiger partial charge in [0.15, 0.2) is 0 Å². The molecule has 0 aromatic heterocycles. The van der Waals surface area contributed by atoms with Crippen LogP contribution in [0, 0.1) is 25.1 Å². The van der Waals surface area contributed by atoms with Crippen LogP contribution in [0.25, 0.3) is 0 Å². The Morgan fingerprint density at radius 3 is 2.41 bits per heavy atom. The number of hydrogen-bond donors (Lipinski definition) is 0. The molecule has 0 bridgehead atoms. The average Bonchev–Trinajstić information content (AvgIpc) is 2.96. The average molecular weight is 394 g/mol. The van der Waals surface area contributed by atoms with E-state index in [-0.39, 0.29) is 23.0 Å². The fourth-order valence-corrected chi connectivity index (χ4v) is 4.78. The summed E-state index contributed by atoms with van der Waals surface area (Å²) in [6.45, 7) is 6.50. The van der Waals surface area contributed by atoms with Gasteiger partial charge in [0.05, 0.1) is 0 Å². The Morgan fingerprint density at radius 2 is 1.76 bits per heavy atom. The van der Waals surface area contributed by atoms with E-state index < -0.39 is 0 Å². The van der Waals surface area contributed by atoms with Gasteiger partial charge in [-0.3, -0.25) is 9.59 Å². The van der Waals surface area contributed by atoms with E-state index >= 15 is 0 Å². The summed E-state index contributed by atoms with van der Waals surface area (Å²) in [5.74, 6) is -0.0713. The third-order valence-electron chi connectivity index (χ3n) is 6.25. The number of nitrogens with zero attached hydrogens (tertiary/aromatic N) is 2. The Kier molecular flexibility index (Phi) is 5.15. The lowest BCUT2D eigenvalue weighted by Gasteiger charge is -2.39. The molecule has 2 fully saturated rings. The topological polar surface area (TPSA) is 40.6 Å². The van der Waals surface area contributed by atoms with E-state index in [1.54, 1.807) is 6.07 Å². The van der Waals surface area contributed by atoms with Gasteiger partial charge in [-0.1, -0.05) is 29.3 Å². The monoisotopic (exact) mass is 394 g/mol. The molecule has 152 valence electrons. The van der Waals surface area contributed by atoms with Crippen LogP contribution in [0.2, 0.25) is 0 Å². The van der Waals surface area contributed by atoms with Gasteiger partial charge in [-0.2, -0.15) is 0 Å². The molecule has 1 spiro atoms. The van der Waals surface area contributed by atoms with Crippen LogP contribution in [0.15, 0.2) is 42.5 Å². The van der Waals surface area contributed by atoms with Crippen molar-refractivity contribution >= 4 is 11.8 Å². The minimum absolute atomic E-state index is 0.0658. The molecule has 2 aromatic carbocycles. The molecule has 4 nitrogen and oxygen atoms in total. The van der Waals surface area contributed by atoms with Gasteiger partial charge in [0.2, 0.25) is 5.91 Å². The predicted molar refractivity (Wildman–Crippen MR) is 110 cm³/mol. The minimum Gasteiger partial charge on any atom is -0.339 e. The smallest absolute Gasteiger partial charge is 0.253 e. The molecule has 2 aliphatic heterocycles. The minimum atomic E-state index is -0.276. The van der Waals surface area contributed by atoms with E-state index in [0.717, 1.165) is 35.1 Å². The summed E-state index contributed by atoms with van der Waals surface area (Å²) in [7, 11) is 0. The van der Waals surface area contributed by atoms with E-state index in [0.29, 0.717) is 32.6 Å². The molecule has 5 heteroatoms. The zero-order chi connectivity index (χ0) is 20.6. The largest absolute Gasteiger partial charge is 0.339 e. The number of aryl methyl sites for hydroxylation is 2. The van der Waals surface area contributed by atoms with Crippen molar-refractivity contribution in [1.82, 2.24) is 9.80 Å². The highest BCUT2D eigenvalue weighted by atomic mass is 19.1. The van der Waals surface area contributed by atoms with Crippen molar-refractivity contribution in [2.24, 2.45) is 5.41 Å².